The van der Waals surface area contributed by atoms with Crippen LogP contribution in [0.5, 0.6) is 5.75 Å². The molecule has 0 radical (unpaired) electrons. The highest BCUT2D eigenvalue weighted by molar-refractivity contribution is 5.89. The number of carbonyl (C=O) groups excluding carboxylic acids is 1. The molecule has 0 amide bonds. The summed E-state index contributed by atoms with van der Waals surface area (Å²) in [6.45, 7) is 1.95. The summed E-state index contributed by atoms with van der Waals surface area (Å²) in [5.41, 5.74) is 0.624. The number of fused-ring (bicyclic) bond motifs is 1. The van der Waals surface area contributed by atoms with Crippen LogP contribution < -0.4 is 0 Å². The van der Waals surface area contributed by atoms with E-state index in [0.29, 0.717) is 5.52 Å². The monoisotopic (exact) mass is 207 g/mol. The van der Waals surface area contributed by atoms with E-state index in [1.54, 1.807) is 19.1 Å². The second-order valence-electron chi connectivity index (χ2n) is 2.86. The fourth-order valence-corrected chi connectivity index (χ4v) is 1.21. The Morgan fingerprint density at radius 1 is 1.60 bits per heavy atom. The maximum atomic E-state index is 11.3. The van der Waals surface area contributed by atoms with Gasteiger partial charge in [-0.05, 0) is 19.1 Å². The molecule has 2 rings (SSSR count). The number of rotatable bonds is 2. The van der Waals surface area contributed by atoms with Crippen molar-refractivity contribution in [1.29, 1.82) is 0 Å². The van der Waals surface area contributed by atoms with Crippen molar-refractivity contribution in [2.75, 3.05) is 6.61 Å². The Morgan fingerprint density at radius 2 is 2.40 bits per heavy atom. The van der Waals surface area contributed by atoms with Gasteiger partial charge in [-0.25, -0.2) is 9.78 Å². The average molecular weight is 207 g/mol. The van der Waals surface area contributed by atoms with Crippen LogP contribution >= 0.6 is 0 Å². The number of phenols is 1. The molecule has 0 unspecified atom stereocenters. The zero-order valence-corrected chi connectivity index (χ0v) is 8.06. The molecule has 0 aliphatic rings. The molecule has 1 aromatic carbocycles. The average Bonchev–Trinajstić information content (AvgIpc) is 2.63. The lowest BCUT2D eigenvalue weighted by Gasteiger charge is -1.94. The first kappa shape index (κ1) is 9.51. The number of hydrogen-bond donors (Lipinski definition) is 1. The first-order chi connectivity index (χ1) is 7.22. The Hall–Kier alpha value is -2.04. The van der Waals surface area contributed by atoms with Gasteiger partial charge < -0.3 is 14.3 Å². The fraction of sp³-hybridized carbons (Fsp3) is 0.200. The Balaban J connectivity index is 2.47. The summed E-state index contributed by atoms with van der Waals surface area (Å²) in [5.74, 6) is -0.822. The number of phenolic OH excluding ortho intramolecular Hbond substituents is 1. The minimum Gasteiger partial charge on any atom is -0.504 e. The summed E-state index contributed by atoms with van der Waals surface area (Å²) in [4.78, 5) is 15.2. The standard InChI is InChI=1S/C10H9NO4/c1-2-14-10(13)9-11-6-4-3-5-7(12)8(6)15-9/h3-5,12H,2H2,1H3. The van der Waals surface area contributed by atoms with Crippen LogP contribution in [-0.4, -0.2) is 22.7 Å². The van der Waals surface area contributed by atoms with Crippen LogP contribution in [0.2, 0.25) is 0 Å². The number of nitrogens with zero attached hydrogens (tertiary/aromatic N) is 1. The van der Waals surface area contributed by atoms with E-state index in [2.05, 4.69) is 4.98 Å². The molecule has 15 heavy (non-hydrogen) atoms. The first-order valence-corrected chi connectivity index (χ1v) is 4.48. The molecule has 0 atom stereocenters. The van der Waals surface area contributed by atoms with Crippen LogP contribution in [0.1, 0.15) is 17.6 Å². The second kappa shape index (κ2) is 3.61. The van der Waals surface area contributed by atoms with E-state index in [9.17, 15) is 9.90 Å². The predicted molar refractivity (Wildman–Crippen MR) is 51.6 cm³/mol. The molecule has 0 fully saturated rings. The van der Waals surface area contributed by atoms with E-state index in [1.165, 1.54) is 6.07 Å². The molecule has 0 saturated heterocycles. The predicted octanol–water partition coefficient (Wildman–Crippen LogP) is 1.71. The lowest BCUT2D eigenvalue weighted by Crippen LogP contribution is -2.04. The Morgan fingerprint density at radius 3 is 3.07 bits per heavy atom. The van der Waals surface area contributed by atoms with E-state index in [-0.39, 0.29) is 23.8 Å². The topological polar surface area (TPSA) is 72.6 Å². The van der Waals surface area contributed by atoms with Gasteiger partial charge in [0.05, 0.1) is 6.61 Å². The van der Waals surface area contributed by atoms with Crippen molar-refractivity contribution in [1.82, 2.24) is 4.98 Å². The molecule has 2 aromatic rings. The third kappa shape index (κ3) is 1.63. The first-order valence-electron chi connectivity index (χ1n) is 4.48. The van der Waals surface area contributed by atoms with E-state index < -0.39 is 5.97 Å². The second-order valence-corrected chi connectivity index (χ2v) is 2.86. The number of para-hydroxylation sites is 1. The van der Waals surface area contributed by atoms with Gasteiger partial charge in [-0.15, -0.1) is 0 Å². The SMILES string of the molecule is CCOC(=O)c1nc2cccc(O)c2o1. The Kier molecular flexibility index (Phi) is 2.29. The molecular formula is C10H9NO4. The molecule has 1 N–H and O–H groups in total. The number of aromatic nitrogens is 1. The van der Waals surface area contributed by atoms with Gasteiger partial charge in [-0.3, -0.25) is 0 Å². The van der Waals surface area contributed by atoms with Crippen LogP contribution in [0.15, 0.2) is 22.6 Å². The van der Waals surface area contributed by atoms with Crippen molar-refractivity contribution in [3.8, 4) is 5.75 Å². The number of carbonyl (C=O) groups is 1. The van der Waals surface area contributed by atoms with Crippen molar-refractivity contribution >= 4 is 17.1 Å². The Bertz CT molecular complexity index is 503. The number of ether oxygens (including phenoxy) is 1. The van der Waals surface area contributed by atoms with Crippen LogP contribution in [0.3, 0.4) is 0 Å². The molecule has 1 aromatic heterocycles. The summed E-state index contributed by atoms with van der Waals surface area (Å²) in [7, 11) is 0. The van der Waals surface area contributed by atoms with Crippen LogP contribution in [0.25, 0.3) is 11.1 Å². The third-order valence-corrected chi connectivity index (χ3v) is 1.84. The number of hydrogen-bond acceptors (Lipinski definition) is 5. The Labute approximate surface area is 85.3 Å². The van der Waals surface area contributed by atoms with Gasteiger partial charge in [-0.1, -0.05) is 6.07 Å². The molecule has 1 heterocycles. The maximum absolute atomic E-state index is 11.3. The van der Waals surface area contributed by atoms with Crippen LogP contribution in [0.4, 0.5) is 0 Å². The highest BCUT2D eigenvalue weighted by Gasteiger charge is 2.16. The van der Waals surface area contributed by atoms with Crippen molar-refractivity contribution in [2.24, 2.45) is 0 Å². The molecule has 0 aliphatic carbocycles. The molecule has 5 heteroatoms. The lowest BCUT2D eigenvalue weighted by atomic mass is 10.3. The molecule has 0 aliphatic heterocycles. The lowest BCUT2D eigenvalue weighted by molar-refractivity contribution is 0.0483. The van der Waals surface area contributed by atoms with Gasteiger partial charge in [0.1, 0.15) is 5.52 Å². The van der Waals surface area contributed by atoms with Gasteiger partial charge in [0.2, 0.25) is 0 Å². The largest absolute Gasteiger partial charge is 0.504 e. The van der Waals surface area contributed by atoms with Gasteiger partial charge >= 0.3 is 11.9 Å². The minimum atomic E-state index is -0.631. The van der Waals surface area contributed by atoms with E-state index >= 15 is 0 Å². The molecule has 78 valence electrons. The van der Waals surface area contributed by atoms with Crippen LogP contribution in [-0.2, 0) is 4.74 Å². The zero-order valence-electron chi connectivity index (χ0n) is 8.06. The van der Waals surface area contributed by atoms with Gasteiger partial charge in [0, 0.05) is 0 Å². The van der Waals surface area contributed by atoms with Crippen molar-refractivity contribution in [3.05, 3.63) is 24.1 Å². The molecule has 0 spiro atoms. The van der Waals surface area contributed by atoms with E-state index in [1.807, 2.05) is 0 Å². The summed E-state index contributed by atoms with van der Waals surface area (Å²) >= 11 is 0. The quantitative estimate of drug-likeness (QED) is 0.759. The molecule has 0 saturated carbocycles. The molecule has 0 bridgehead atoms. The minimum absolute atomic E-state index is 0.0458. The summed E-state index contributed by atoms with van der Waals surface area (Å²) in [5, 5.41) is 9.41. The van der Waals surface area contributed by atoms with E-state index in [0.717, 1.165) is 0 Å². The number of oxazole rings is 1. The summed E-state index contributed by atoms with van der Waals surface area (Å²) in [6, 6.07) is 4.72. The number of esters is 1. The fourth-order valence-electron chi connectivity index (χ4n) is 1.21. The molecular weight excluding hydrogens is 198 g/mol. The van der Waals surface area contributed by atoms with Gasteiger partial charge in [-0.2, -0.15) is 0 Å². The maximum Gasteiger partial charge on any atom is 0.394 e. The summed E-state index contributed by atoms with van der Waals surface area (Å²) in [6.07, 6.45) is 0. The smallest absolute Gasteiger partial charge is 0.394 e. The third-order valence-electron chi connectivity index (χ3n) is 1.84. The van der Waals surface area contributed by atoms with Crippen molar-refractivity contribution in [2.45, 2.75) is 6.92 Å². The highest BCUT2D eigenvalue weighted by atomic mass is 16.5. The normalized spacial score (nSPS) is 10.5. The molecule has 5 nitrogen and oxygen atoms in total. The van der Waals surface area contributed by atoms with Gasteiger partial charge in [0.25, 0.3) is 0 Å². The highest BCUT2D eigenvalue weighted by Crippen LogP contribution is 2.24. The van der Waals surface area contributed by atoms with Gasteiger partial charge in [0.15, 0.2) is 11.3 Å². The van der Waals surface area contributed by atoms with Crippen LogP contribution in [0, 0.1) is 0 Å². The van der Waals surface area contributed by atoms with Crippen molar-refractivity contribution in [3.63, 3.8) is 0 Å². The van der Waals surface area contributed by atoms with E-state index in [4.69, 9.17) is 9.15 Å². The van der Waals surface area contributed by atoms with Crippen molar-refractivity contribution < 1.29 is 19.1 Å². The summed E-state index contributed by atoms with van der Waals surface area (Å²) < 4.78 is 9.80. The zero-order chi connectivity index (χ0) is 10.8. The number of aromatic hydroxyl groups is 1. The number of benzene rings is 1.